The molecule has 0 saturated carbocycles. The molecule has 34 heavy (non-hydrogen) atoms. The van der Waals surface area contributed by atoms with Gasteiger partial charge in [0.25, 0.3) is 5.91 Å². The molecule has 1 aliphatic heterocycles. The molecular formula is C22H23BrClN3O6S. The summed E-state index contributed by atoms with van der Waals surface area (Å²) in [6.45, 7) is 2.01. The van der Waals surface area contributed by atoms with Crippen LogP contribution in [0.1, 0.15) is 25.3 Å². The standard InChI is InChI=1S/C22H23BrClN3O6S/c1-2-32-21(28)14-33-20-10-5-15(12-18(20)23)13-25-26-22(29)19-4-3-11-27(19)34(30,31)17-8-6-16(24)7-9-17/h5-10,12-13,19H,2-4,11,14H2,1H3,(H,26,29)/b25-13-/t19-/m1/s1. The van der Waals surface area contributed by atoms with Crippen LogP contribution in [0, 0.1) is 0 Å². The van der Waals surface area contributed by atoms with Crippen LogP contribution in [0.2, 0.25) is 5.02 Å². The summed E-state index contributed by atoms with van der Waals surface area (Å²) in [6.07, 6.45) is 2.38. The van der Waals surface area contributed by atoms with E-state index in [2.05, 4.69) is 26.5 Å². The Balaban J connectivity index is 1.61. The van der Waals surface area contributed by atoms with Crippen LogP contribution in [0.3, 0.4) is 0 Å². The summed E-state index contributed by atoms with van der Waals surface area (Å²) >= 11 is 9.21. The van der Waals surface area contributed by atoms with Crippen molar-refractivity contribution in [3.8, 4) is 5.75 Å². The SMILES string of the molecule is CCOC(=O)COc1ccc(/C=N\NC(=O)[C@H]2CCCN2S(=O)(=O)c2ccc(Cl)cc2)cc1Br. The van der Waals surface area contributed by atoms with Crippen LogP contribution in [0.15, 0.2) is 56.9 Å². The van der Waals surface area contributed by atoms with Crippen LogP contribution in [0.5, 0.6) is 5.75 Å². The second-order valence-corrected chi connectivity index (χ2v) is 10.4. The van der Waals surface area contributed by atoms with Crippen molar-refractivity contribution in [2.45, 2.75) is 30.7 Å². The molecule has 0 radical (unpaired) electrons. The Kier molecular flexibility index (Phi) is 9.06. The van der Waals surface area contributed by atoms with Crippen LogP contribution in [-0.4, -0.2) is 56.6 Å². The van der Waals surface area contributed by atoms with Gasteiger partial charge in [0.1, 0.15) is 11.8 Å². The smallest absolute Gasteiger partial charge is 0.344 e. The summed E-state index contributed by atoms with van der Waals surface area (Å²) in [4.78, 5) is 24.2. The zero-order valence-corrected chi connectivity index (χ0v) is 21.4. The lowest BCUT2D eigenvalue weighted by atomic mass is 10.2. The highest BCUT2D eigenvalue weighted by molar-refractivity contribution is 9.10. The lowest BCUT2D eigenvalue weighted by Crippen LogP contribution is -2.44. The molecule has 1 aliphatic rings. The van der Waals surface area contributed by atoms with E-state index in [-0.39, 0.29) is 24.7 Å². The molecule has 0 bridgehead atoms. The summed E-state index contributed by atoms with van der Waals surface area (Å²) in [5, 5.41) is 4.38. The van der Waals surface area contributed by atoms with Gasteiger partial charge in [-0.15, -0.1) is 0 Å². The third-order valence-corrected chi connectivity index (χ3v) is 7.72. The Morgan fingerprint density at radius 2 is 2.00 bits per heavy atom. The van der Waals surface area contributed by atoms with Crippen molar-refractivity contribution in [3.05, 3.63) is 57.5 Å². The number of hydrogen-bond donors (Lipinski definition) is 1. The average Bonchev–Trinajstić information content (AvgIpc) is 3.30. The first-order valence-electron chi connectivity index (χ1n) is 10.4. The Morgan fingerprint density at radius 1 is 1.26 bits per heavy atom. The number of hydrazone groups is 1. The van der Waals surface area contributed by atoms with E-state index in [0.717, 1.165) is 0 Å². The fourth-order valence-electron chi connectivity index (χ4n) is 3.33. The maximum Gasteiger partial charge on any atom is 0.344 e. The summed E-state index contributed by atoms with van der Waals surface area (Å²) in [7, 11) is -3.84. The van der Waals surface area contributed by atoms with Gasteiger partial charge >= 0.3 is 5.97 Å². The monoisotopic (exact) mass is 571 g/mol. The number of nitrogens with zero attached hydrogens (tertiary/aromatic N) is 2. The maximum atomic E-state index is 13.0. The minimum Gasteiger partial charge on any atom is -0.481 e. The van der Waals surface area contributed by atoms with Gasteiger partial charge in [0.05, 0.1) is 22.2 Å². The summed E-state index contributed by atoms with van der Waals surface area (Å²) < 4.78 is 37.9. The third kappa shape index (κ3) is 6.56. The molecule has 12 heteroatoms. The zero-order valence-electron chi connectivity index (χ0n) is 18.2. The number of esters is 1. The second-order valence-electron chi connectivity index (χ2n) is 7.25. The van der Waals surface area contributed by atoms with Gasteiger partial charge in [0, 0.05) is 11.6 Å². The molecule has 2 aromatic carbocycles. The van der Waals surface area contributed by atoms with Gasteiger partial charge in [-0.3, -0.25) is 4.79 Å². The van der Waals surface area contributed by atoms with Crippen LogP contribution in [-0.2, 0) is 24.3 Å². The summed E-state index contributed by atoms with van der Waals surface area (Å²) in [6, 6.07) is 10.00. The van der Waals surface area contributed by atoms with Crippen molar-refractivity contribution in [2.24, 2.45) is 5.10 Å². The highest BCUT2D eigenvalue weighted by atomic mass is 79.9. The molecule has 9 nitrogen and oxygen atoms in total. The quantitative estimate of drug-likeness (QED) is 0.280. The zero-order chi connectivity index (χ0) is 24.7. The number of sulfonamides is 1. The predicted octanol–water partition coefficient (Wildman–Crippen LogP) is 3.35. The minimum absolute atomic E-state index is 0.0789. The number of rotatable bonds is 9. The molecule has 0 aromatic heterocycles. The third-order valence-electron chi connectivity index (χ3n) is 4.92. The number of halogens is 2. The molecule has 2 aromatic rings. The molecular weight excluding hydrogens is 550 g/mol. The van der Waals surface area contributed by atoms with E-state index < -0.39 is 27.9 Å². The summed E-state index contributed by atoms with van der Waals surface area (Å²) in [5.74, 6) is -0.537. The van der Waals surface area contributed by atoms with E-state index >= 15 is 0 Å². The van der Waals surface area contributed by atoms with Crippen molar-refractivity contribution in [3.63, 3.8) is 0 Å². The molecule has 1 N–H and O–H groups in total. The van der Waals surface area contributed by atoms with E-state index in [9.17, 15) is 18.0 Å². The van der Waals surface area contributed by atoms with Gasteiger partial charge in [-0.25, -0.2) is 18.6 Å². The maximum absolute atomic E-state index is 13.0. The Bertz CT molecular complexity index is 1170. The summed E-state index contributed by atoms with van der Waals surface area (Å²) in [5.41, 5.74) is 3.07. The molecule has 1 atom stereocenters. The fraction of sp³-hybridized carbons (Fsp3) is 0.318. The molecule has 3 rings (SSSR count). The largest absolute Gasteiger partial charge is 0.481 e. The van der Waals surface area contributed by atoms with E-state index in [1.165, 1.54) is 34.8 Å². The van der Waals surface area contributed by atoms with Crippen molar-refractivity contribution >= 4 is 55.6 Å². The molecule has 0 spiro atoms. The normalized spacial score (nSPS) is 16.5. The number of carbonyl (C=O) groups excluding carboxylic acids is 2. The molecule has 1 saturated heterocycles. The Hall–Kier alpha value is -2.47. The van der Waals surface area contributed by atoms with Crippen LogP contribution >= 0.6 is 27.5 Å². The molecule has 0 unspecified atom stereocenters. The highest BCUT2D eigenvalue weighted by Gasteiger charge is 2.39. The lowest BCUT2D eigenvalue weighted by Gasteiger charge is -2.22. The molecule has 1 amide bonds. The molecule has 1 heterocycles. The first-order valence-corrected chi connectivity index (χ1v) is 13.0. The first-order chi connectivity index (χ1) is 16.2. The van der Waals surface area contributed by atoms with E-state index in [1.54, 1.807) is 25.1 Å². The van der Waals surface area contributed by atoms with E-state index in [4.69, 9.17) is 21.1 Å². The van der Waals surface area contributed by atoms with Crippen molar-refractivity contribution in [1.29, 1.82) is 0 Å². The number of nitrogens with one attached hydrogen (secondary N) is 1. The number of carbonyl (C=O) groups is 2. The molecule has 1 fully saturated rings. The molecule has 182 valence electrons. The number of benzene rings is 2. The highest BCUT2D eigenvalue weighted by Crippen LogP contribution is 2.27. The number of ether oxygens (including phenoxy) is 2. The van der Waals surface area contributed by atoms with Gasteiger partial charge in [-0.1, -0.05) is 11.6 Å². The average molecular weight is 573 g/mol. The van der Waals surface area contributed by atoms with Gasteiger partial charge in [-0.2, -0.15) is 9.41 Å². The van der Waals surface area contributed by atoms with E-state index in [1.807, 2.05) is 0 Å². The van der Waals surface area contributed by atoms with E-state index in [0.29, 0.717) is 33.6 Å². The minimum atomic E-state index is -3.84. The number of amides is 1. The van der Waals surface area contributed by atoms with Gasteiger partial charge in [0.2, 0.25) is 10.0 Å². The van der Waals surface area contributed by atoms with Crippen molar-refractivity contribution < 1.29 is 27.5 Å². The van der Waals surface area contributed by atoms with Gasteiger partial charge < -0.3 is 9.47 Å². The van der Waals surface area contributed by atoms with Crippen molar-refractivity contribution in [2.75, 3.05) is 19.8 Å². The molecule has 0 aliphatic carbocycles. The Labute approximate surface area is 211 Å². The Morgan fingerprint density at radius 3 is 2.68 bits per heavy atom. The fourth-order valence-corrected chi connectivity index (χ4v) is 5.62. The topological polar surface area (TPSA) is 114 Å². The lowest BCUT2D eigenvalue weighted by molar-refractivity contribution is -0.145. The van der Waals surface area contributed by atoms with Gasteiger partial charge in [0.15, 0.2) is 6.61 Å². The van der Waals surface area contributed by atoms with Crippen LogP contribution in [0.25, 0.3) is 0 Å². The number of hydrogen-bond acceptors (Lipinski definition) is 7. The van der Waals surface area contributed by atoms with Crippen LogP contribution < -0.4 is 10.2 Å². The van der Waals surface area contributed by atoms with Gasteiger partial charge in [-0.05, 0) is 83.7 Å². The first kappa shape index (κ1) is 26.1. The van der Waals surface area contributed by atoms with Crippen LogP contribution in [0.4, 0.5) is 0 Å². The predicted molar refractivity (Wildman–Crippen MR) is 130 cm³/mol. The van der Waals surface area contributed by atoms with Crippen molar-refractivity contribution in [1.82, 2.24) is 9.73 Å². The second kappa shape index (κ2) is 11.8.